The highest BCUT2D eigenvalue weighted by molar-refractivity contribution is 8.20. The molecule has 0 spiro atoms. The van der Waals surface area contributed by atoms with Crippen molar-refractivity contribution in [3.05, 3.63) is 108 Å². The topological polar surface area (TPSA) is 78.8 Å². The fourth-order valence-corrected chi connectivity index (χ4v) is 5.71. The summed E-state index contributed by atoms with van der Waals surface area (Å²) >= 11 is 3.16. The third-order valence-corrected chi connectivity index (χ3v) is 7.61. The Morgan fingerprint density at radius 2 is 0.750 bits per heavy atom. The van der Waals surface area contributed by atoms with E-state index >= 15 is 0 Å². The van der Waals surface area contributed by atoms with E-state index in [1.165, 1.54) is 0 Å². The Kier molecular flexibility index (Phi) is 5.18. The molecule has 0 fully saturated rings. The zero-order chi connectivity index (χ0) is 23.9. The maximum atomic E-state index is 6.13. The standard InChI is InChI=1S/C28H16O6S2/c1-3-17(29-13-1)19-5-7-21(31-19)23-9-11-25(33-23)27-15-35-16-28(36-27)26-12-10-24(34-26)22-8-6-20(32-22)18-4-2-14-30-18/h1-16H. The first-order valence-electron chi connectivity index (χ1n) is 11.0. The van der Waals surface area contributed by atoms with E-state index in [9.17, 15) is 0 Å². The lowest BCUT2D eigenvalue weighted by Crippen LogP contribution is -1.82. The van der Waals surface area contributed by atoms with Crippen LogP contribution in [0.5, 0.6) is 0 Å². The average Bonchev–Trinajstić information content (AvgIpc) is 3.75. The number of rotatable bonds is 6. The molecule has 0 aromatic carbocycles. The third kappa shape index (κ3) is 3.90. The largest absolute Gasteiger partial charge is 0.461 e. The van der Waals surface area contributed by atoms with Gasteiger partial charge >= 0.3 is 0 Å². The first-order valence-corrected chi connectivity index (χ1v) is 12.8. The van der Waals surface area contributed by atoms with Crippen molar-refractivity contribution in [1.29, 1.82) is 0 Å². The quantitative estimate of drug-likeness (QED) is 0.218. The van der Waals surface area contributed by atoms with E-state index in [1.54, 1.807) is 36.1 Å². The molecule has 176 valence electrons. The molecular formula is C28H16O6S2. The SMILES string of the molecule is C1=C(c2ccc(-c3ccc(-c4ccco4)o3)o2)SC(c2ccc(-c3ccc(-c4ccco4)o3)o2)=CS1. The maximum absolute atomic E-state index is 6.13. The molecule has 6 aromatic rings. The molecular weight excluding hydrogens is 496 g/mol. The van der Waals surface area contributed by atoms with Crippen molar-refractivity contribution in [3.8, 4) is 46.1 Å². The average molecular weight is 513 g/mol. The summed E-state index contributed by atoms with van der Waals surface area (Å²) in [5, 5.41) is 4.11. The lowest BCUT2D eigenvalue weighted by Gasteiger charge is -2.10. The van der Waals surface area contributed by atoms with Crippen molar-refractivity contribution in [2.45, 2.75) is 0 Å². The van der Waals surface area contributed by atoms with Crippen LogP contribution in [0.4, 0.5) is 0 Å². The van der Waals surface area contributed by atoms with Crippen LogP contribution in [0, 0.1) is 0 Å². The fourth-order valence-electron chi connectivity index (χ4n) is 3.79. The van der Waals surface area contributed by atoms with E-state index < -0.39 is 0 Å². The van der Waals surface area contributed by atoms with Gasteiger partial charge < -0.3 is 26.5 Å². The van der Waals surface area contributed by atoms with Gasteiger partial charge in [-0.05, 0) is 83.6 Å². The van der Waals surface area contributed by atoms with Crippen LogP contribution >= 0.6 is 23.5 Å². The molecule has 1 aliphatic rings. The number of hydrogen-bond donors (Lipinski definition) is 0. The van der Waals surface area contributed by atoms with Crippen LogP contribution in [0.25, 0.3) is 55.9 Å². The second-order valence-electron chi connectivity index (χ2n) is 7.81. The minimum atomic E-state index is 0.639. The van der Waals surface area contributed by atoms with Gasteiger partial charge in [0.25, 0.3) is 0 Å². The zero-order valence-electron chi connectivity index (χ0n) is 18.5. The molecule has 6 nitrogen and oxygen atoms in total. The van der Waals surface area contributed by atoms with E-state index in [4.69, 9.17) is 26.5 Å². The molecule has 8 heteroatoms. The summed E-state index contributed by atoms with van der Waals surface area (Å²) in [5.74, 6) is 6.74. The summed E-state index contributed by atoms with van der Waals surface area (Å²) in [4.78, 5) is 1.97. The molecule has 0 aliphatic carbocycles. The van der Waals surface area contributed by atoms with Crippen molar-refractivity contribution in [3.63, 3.8) is 0 Å². The summed E-state index contributed by atoms with van der Waals surface area (Å²) in [6, 6.07) is 22.5. The van der Waals surface area contributed by atoms with E-state index in [-0.39, 0.29) is 0 Å². The molecule has 36 heavy (non-hydrogen) atoms. The van der Waals surface area contributed by atoms with E-state index in [0.717, 1.165) is 21.3 Å². The van der Waals surface area contributed by atoms with Crippen LogP contribution in [0.2, 0.25) is 0 Å². The number of thioether (sulfide) groups is 2. The first-order chi connectivity index (χ1) is 17.8. The van der Waals surface area contributed by atoms with Crippen molar-refractivity contribution in [2.75, 3.05) is 0 Å². The van der Waals surface area contributed by atoms with E-state index in [2.05, 4.69) is 10.8 Å². The molecule has 0 saturated heterocycles. The Bertz CT molecular complexity index is 1560. The Labute approximate surface area is 213 Å². The Morgan fingerprint density at radius 1 is 0.389 bits per heavy atom. The fraction of sp³-hybridized carbons (Fsp3) is 0. The molecule has 0 saturated carbocycles. The van der Waals surface area contributed by atoms with E-state index in [0.29, 0.717) is 46.1 Å². The predicted octanol–water partition coefficient (Wildman–Crippen LogP) is 9.69. The molecule has 0 radical (unpaired) electrons. The van der Waals surface area contributed by atoms with Crippen LogP contribution in [0.3, 0.4) is 0 Å². The van der Waals surface area contributed by atoms with Gasteiger partial charge in [0, 0.05) is 0 Å². The summed E-state index contributed by atoms with van der Waals surface area (Å²) in [6.45, 7) is 0. The minimum absolute atomic E-state index is 0.639. The highest BCUT2D eigenvalue weighted by Gasteiger charge is 2.20. The highest BCUT2D eigenvalue weighted by Crippen LogP contribution is 2.47. The predicted molar refractivity (Wildman–Crippen MR) is 139 cm³/mol. The third-order valence-electron chi connectivity index (χ3n) is 5.49. The van der Waals surface area contributed by atoms with Gasteiger partial charge in [-0.1, -0.05) is 11.8 Å². The number of hydrogen-bond acceptors (Lipinski definition) is 8. The molecule has 1 aliphatic heterocycles. The molecule has 0 bridgehead atoms. The van der Waals surface area contributed by atoms with Crippen LogP contribution in [-0.4, -0.2) is 0 Å². The van der Waals surface area contributed by atoms with Gasteiger partial charge in [-0.15, -0.1) is 11.8 Å². The minimum Gasteiger partial charge on any atom is -0.461 e. The highest BCUT2D eigenvalue weighted by atomic mass is 32.2. The smallest absolute Gasteiger partial charge is 0.170 e. The summed E-state index contributed by atoms with van der Waals surface area (Å²) < 4.78 is 34.9. The Morgan fingerprint density at radius 3 is 1.14 bits per heavy atom. The van der Waals surface area contributed by atoms with Crippen molar-refractivity contribution >= 4 is 33.3 Å². The monoisotopic (exact) mass is 512 g/mol. The van der Waals surface area contributed by atoms with Crippen molar-refractivity contribution < 1.29 is 26.5 Å². The normalized spacial score (nSPS) is 13.7. The van der Waals surface area contributed by atoms with Crippen LogP contribution in [0.15, 0.2) is 123 Å². The van der Waals surface area contributed by atoms with E-state index in [1.807, 2.05) is 72.8 Å². The van der Waals surface area contributed by atoms with Gasteiger partial charge in [0.05, 0.1) is 22.3 Å². The van der Waals surface area contributed by atoms with Crippen molar-refractivity contribution in [1.82, 2.24) is 0 Å². The van der Waals surface area contributed by atoms with Gasteiger partial charge in [0.2, 0.25) is 0 Å². The summed E-state index contributed by atoms with van der Waals surface area (Å²) in [6.07, 6.45) is 3.24. The summed E-state index contributed by atoms with van der Waals surface area (Å²) in [7, 11) is 0. The maximum Gasteiger partial charge on any atom is 0.170 e. The first kappa shape index (κ1) is 21.2. The lowest BCUT2D eigenvalue weighted by molar-refractivity contribution is 0.505. The van der Waals surface area contributed by atoms with Gasteiger partial charge in [-0.2, -0.15) is 0 Å². The molecule has 0 N–H and O–H groups in total. The number of furan rings is 6. The molecule has 0 atom stereocenters. The van der Waals surface area contributed by atoms with Crippen LogP contribution in [-0.2, 0) is 0 Å². The van der Waals surface area contributed by atoms with Crippen molar-refractivity contribution in [2.24, 2.45) is 0 Å². The van der Waals surface area contributed by atoms with Crippen LogP contribution in [0.1, 0.15) is 11.5 Å². The Hall–Kier alpha value is -4.14. The second kappa shape index (κ2) is 8.82. The molecule has 7 rings (SSSR count). The van der Waals surface area contributed by atoms with Gasteiger partial charge in [0.15, 0.2) is 46.1 Å². The molecule has 0 amide bonds. The molecule has 0 unspecified atom stereocenters. The molecule has 7 heterocycles. The van der Waals surface area contributed by atoms with Crippen LogP contribution < -0.4 is 0 Å². The summed E-state index contributed by atoms with van der Waals surface area (Å²) in [5.41, 5.74) is 0. The second-order valence-corrected chi connectivity index (χ2v) is 9.64. The van der Waals surface area contributed by atoms with Gasteiger partial charge in [0.1, 0.15) is 11.5 Å². The lowest BCUT2D eigenvalue weighted by atomic mass is 10.3. The molecule has 6 aromatic heterocycles. The Balaban J connectivity index is 1.08. The van der Waals surface area contributed by atoms with Gasteiger partial charge in [-0.25, -0.2) is 0 Å². The van der Waals surface area contributed by atoms with Gasteiger partial charge in [-0.3, -0.25) is 0 Å². The zero-order valence-corrected chi connectivity index (χ0v) is 20.1.